The smallest absolute Gasteiger partial charge is 0.0900 e. The van der Waals surface area contributed by atoms with E-state index in [0.717, 1.165) is 6.54 Å². The molecule has 16 heavy (non-hydrogen) atoms. The molecule has 2 atom stereocenters. The molecule has 98 valence electrons. The zero-order valence-electron chi connectivity index (χ0n) is 11.1. The van der Waals surface area contributed by atoms with Crippen molar-refractivity contribution in [1.29, 1.82) is 0 Å². The molecule has 0 bridgehead atoms. The van der Waals surface area contributed by atoms with Crippen LogP contribution in [0.25, 0.3) is 0 Å². The van der Waals surface area contributed by atoms with Gasteiger partial charge in [0.1, 0.15) is 0 Å². The molecule has 0 aromatic heterocycles. The van der Waals surface area contributed by atoms with Crippen LogP contribution in [0.1, 0.15) is 20.3 Å². The second-order valence-corrected chi connectivity index (χ2v) is 4.46. The summed E-state index contributed by atoms with van der Waals surface area (Å²) in [7, 11) is 3.67. The van der Waals surface area contributed by atoms with Gasteiger partial charge in [0.25, 0.3) is 0 Å². The number of aliphatic hydroxyl groups excluding tert-OH is 1. The maximum atomic E-state index is 9.70. The monoisotopic (exact) mass is 233 g/mol. The largest absolute Gasteiger partial charge is 0.389 e. The number of rotatable bonds is 10. The van der Waals surface area contributed by atoms with Crippen LogP contribution in [0.5, 0.6) is 0 Å². The first-order valence-corrected chi connectivity index (χ1v) is 6.03. The number of nitrogens with zero attached hydrogens (tertiary/aromatic N) is 1. The van der Waals surface area contributed by atoms with Gasteiger partial charge in [-0.15, -0.1) is 0 Å². The highest BCUT2D eigenvalue weighted by molar-refractivity contribution is 4.63. The van der Waals surface area contributed by atoms with E-state index in [1.54, 1.807) is 7.11 Å². The summed E-state index contributed by atoms with van der Waals surface area (Å²) < 4.78 is 10.1. The lowest BCUT2D eigenvalue weighted by molar-refractivity contribution is 0.00118. The van der Waals surface area contributed by atoms with Gasteiger partial charge in [0.15, 0.2) is 0 Å². The lowest BCUT2D eigenvalue weighted by Crippen LogP contribution is -2.34. The third-order valence-electron chi connectivity index (χ3n) is 2.58. The second-order valence-electron chi connectivity index (χ2n) is 4.46. The Hall–Kier alpha value is -0.160. The molecule has 0 fully saturated rings. The summed E-state index contributed by atoms with van der Waals surface area (Å²) in [6, 6.07) is 0. The average molecular weight is 233 g/mol. The van der Waals surface area contributed by atoms with Gasteiger partial charge in [0.2, 0.25) is 0 Å². The molecule has 0 aliphatic carbocycles. The Morgan fingerprint density at radius 1 is 1.25 bits per heavy atom. The fraction of sp³-hybridized carbons (Fsp3) is 1.00. The number of likely N-dealkylation sites (N-methyl/N-ethyl adjacent to an activating group) is 1. The first kappa shape index (κ1) is 15.8. The summed E-state index contributed by atoms with van der Waals surface area (Å²) in [5, 5.41) is 9.70. The van der Waals surface area contributed by atoms with E-state index in [0.29, 0.717) is 32.3 Å². The maximum Gasteiger partial charge on any atom is 0.0900 e. The van der Waals surface area contributed by atoms with Crippen LogP contribution in [0.2, 0.25) is 0 Å². The minimum Gasteiger partial charge on any atom is -0.389 e. The summed E-state index contributed by atoms with van der Waals surface area (Å²) in [6.45, 7) is 7.59. The Morgan fingerprint density at radius 2 is 1.94 bits per heavy atom. The van der Waals surface area contributed by atoms with Crippen molar-refractivity contribution in [1.82, 2.24) is 4.90 Å². The van der Waals surface area contributed by atoms with Crippen LogP contribution in [0.4, 0.5) is 0 Å². The van der Waals surface area contributed by atoms with Crippen molar-refractivity contribution >= 4 is 0 Å². The van der Waals surface area contributed by atoms with Crippen LogP contribution < -0.4 is 0 Å². The van der Waals surface area contributed by atoms with E-state index in [9.17, 15) is 5.11 Å². The van der Waals surface area contributed by atoms with Crippen LogP contribution in [-0.4, -0.2) is 63.2 Å². The van der Waals surface area contributed by atoms with Crippen LogP contribution in [0.3, 0.4) is 0 Å². The van der Waals surface area contributed by atoms with Gasteiger partial charge in [-0.1, -0.05) is 20.3 Å². The minimum absolute atomic E-state index is 0.383. The molecule has 1 N–H and O–H groups in total. The third kappa shape index (κ3) is 9.09. The predicted molar refractivity (Wildman–Crippen MR) is 65.7 cm³/mol. The summed E-state index contributed by atoms with van der Waals surface area (Å²) in [6.07, 6.45) is 0.760. The summed E-state index contributed by atoms with van der Waals surface area (Å²) in [4.78, 5) is 2.15. The van der Waals surface area contributed by atoms with Gasteiger partial charge in [-0.25, -0.2) is 0 Å². The van der Waals surface area contributed by atoms with Gasteiger partial charge in [-0.3, -0.25) is 0 Å². The highest BCUT2D eigenvalue weighted by Gasteiger charge is 2.10. The second kappa shape index (κ2) is 10.0. The van der Waals surface area contributed by atoms with E-state index in [1.807, 2.05) is 7.05 Å². The molecule has 0 rings (SSSR count). The molecule has 0 radical (unpaired) electrons. The first-order chi connectivity index (χ1) is 7.60. The Labute approximate surface area is 99.5 Å². The van der Waals surface area contributed by atoms with Gasteiger partial charge in [0.05, 0.1) is 25.9 Å². The number of aliphatic hydroxyl groups is 1. The molecule has 0 heterocycles. The molecule has 0 aliphatic heterocycles. The molecule has 0 aliphatic rings. The lowest BCUT2D eigenvalue weighted by Gasteiger charge is -2.23. The van der Waals surface area contributed by atoms with Crippen LogP contribution >= 0.6 is 0 Å². The summed E-state index contributed by atoms with van der Waals surface area (Å²) >= 11 is 0. The lowest BCUT2D eigenvalue weighted by atomic mass is 10.1. The van der Waals surface area contributed by atoms with Gasteiger partial charge in [-0.2, -0.15) is 0 Å². The van der Waals surface area contributed by atoms with E-state index in [4.69, 9.17) is 9.47 Å². The molecule has 0 saturated carbocycles. The normalized spacial score (nSPS) is 15.4. The fourth-order valence-electron chi connectivity index (χ4n) is 1.51. The molecule has 0 amide bonds. The first-order valence-electron chi connectivity index (χ1n) is 6.03. The van der Waals surface area contributed by atoms with E-state index >= 15 is 0 Å². The molecule has 0 aromatic rings. The minimum atomic E-state index is -0.411. The Bertz CT molecular complexity index is 155. The van der Waals surface area contributed by atoms with E-state index in [-0.39, 0.29) is 0 Å². The standard InChI is InChI=1S/C12H27NO3/c1-5-11(2)8-13(3)9-12(14)10-16-7-6-15-4/h11-12,14H,5-10H2,1-4H3. The van der Waals surface area contributed by atoms with Crippen molar-refractivity contribution in [3.05, 3.63) is 0 Å². The van der Waals surface area contributed by atoms with Crippen molar-refractivity contribution in [3.8, 4) is 0 Å². The summed E-state index contributed by atoms with van der Waals surface area (Å²) in [5.41, 5.74) is 0. The molecule has 0 aromatic carbocycles. The Kier molecular flexibility index (Phi) is 9.92. The van der Waals surface area contributed by atoms with Crippen molar-refractivity contribution in [2.24, 2.45) is 5.92 Å². The molecular weight excluding hydrogens is 206 g/mol. The van der Waals surface area contributed by atoms with Crippen LogP contribution in [0, 0.1) is 5.92 Å². The number of hydrogen-bond acceptors (Lipinski definition) is 4. The van der Waals surface area contributed by atoms with E-state index in [1.165, 1.54) is 6.42 Å². The van der Waals surface area contributed by atoms with Gasteiger partial charge >= 0.3 is 0 Å². The van der Waals surface area contributed by atoms with Crippen molar-refractivity contribution < 1.29 is 14.6 Å². The molecule has 4 nitrogen and oxygen atoms in total. The number of ether oxygens (including phenoxy) is 2. The Morgan fingerprint density at radius 3 is 2.50 bits per heavy atom. The van der Waals surface area contributed by atoms with Crippen molar-refractivity contribution in [2.45, 2.75) is 26.4 Å². The molecule has 2 unspecified atom stereocenters. The SMILES string of the molecule is CCC(C)CN(C)CC(O)COCCOC. The Balaban J connectivity index is 3.49. The van der Waals surface area contributed by atoms with E-state index < -0.39 is 6.10 Å². The molecular formula is C12H27NO3. The van der Waals surface area contributed by atoms with Crippen molar-refractivity contribution in [2.75, 3.05) is 47.1 Å². The van der Waals surface area contributed by atoms with Gasteiger partial charge < -0.3 is 19.5 Å². The topological polar surface area (TPSA) is 41.9 Å². The maximum absolute atomic E-state index is 9.70. The highest BCUT2D eigenvalue weighted by Crippen LogP contribution is 2.03. The van der Waals surface area contributed by atoms with Crippen LogP contribution in [0.15, 0.2) is 0 Å². The van der Waals surface area contributed by atoms with Gasteiger partial charge in [-0.05, 0) is 13.0 Å². The number of hydrogen-bond donors (Lipinski definition) is 1. The molecule has 0 spiro atoms. The zero-order chi connectivity index (χ0) is 12.4. The average Bonchev–Trinajstić information content (AvgIpc) is 2.24. The van der Waals surface area contributed by atoms with Crippen LogP contribution in [-0.2, 0) is 9.47 Å². The molecule has 0 saturated heterocycles. The van der Waals surface area contributed by atoms with E-state index in [2.05, 4.69) is 18.7 Å². The quantitative estimate of drug-likeness (QED) is 0.571. The van der Waals surface area contributed by atoms with Gasteiger partial charge in [0, 0.05) is 20.2 Å². The fourth-order valence-corrected chi connectivity index (χ4v) is 1.51. The highest BCUT2D eigenvalue weighted by atomic mass is 16.5. The predicted octanol–water partition coefficient (Wildman–Crippen LogP) is 0.988. The summed E-state index contributed by atoms with van der Waals surface area (Å²) in [5.74, 6) is 0.673. The zero-order valence-corrected chi connectivity index (χ0v) is 11.1. The third-order valence-corrected chi connectivity index (χ3v) is 2.58. The molecule has 4 heteroatoms. The number of methoxy groups -OCH3 is 1. The van der Waals surface area contributed by atoms with Crippen molar-refractivity contribution in [3.63, 3.8) is 0 Å².